The number of hydrogen-bond acceptors (Lipinski definition) is 5. The minimum atomic E-state index is -0.525. The molecule has 1 aromatic heterocycles. The Balaban J connectivity index is 1.79. The van der Waals surface area contributed by atoms with E-state index in [0.29, 0.717) is 18.8 Å². The number of amides is 1. The Bertz CT molecular complexity index is 1040. The summed E-state index contributed by atoms with van der Waals surface area (Å²) in [5, 5.41) is 7.48. The van der Waals surface area contributed by atoms with E-state index in [4.69, 9.17) is 14.2 Å². The van der Waals surface area contributed by atoms with Gasteiger partial charge in [-0.05, 0) is 43.7 Å². The Kier molecular flexibility index (Phi) is 6.06. The quantitative estimate of drug-likeness (QED) is 0.558. The highest BCUT2D eigenvalue weighted by atomic mass is 16.7. The number of ether oxygens (including phenoxy) is 3. The molecular formula is C24H27N3O4. The van der Waals surface area contributed by atoms with Gasteiger partial charge >= 0.3 is 0 Å². The molecule has 4 rings (SSSR count). The third kappa shape index (κ3) is 3.94. The second-order valence-corrected chi connectivity index (χ2v) is 7.49. The standard InChI is InChI=1S/C24H27N3O4/c1-5-31-18-12-10-16(11-13-18)21-20-22(26-25-21)24(28)27(14-19(29-3)30-4)23(20)17-8-6-15(2)7-9-17/h6-13,19,23H,5,14H2,1-4H3,(H,25,26). The van der Waals surface area contributed by atoms with Crippen molar-refractivity contribution in [2.24, 2.45) is 0 Å². The predicted molar refractivity (Wildman–Crippen MR) is 117 cm³/mol. The van der Waals surface area contributed by atoms with Gasteiger partial charge in [-0.1, -0.05) is 29.8 Å². The van der Waals surface area contributed by atoms with Crippen molar-refractivity contribution in [3.63, 3.8) is 0 Å². The molecule has 1 atom stereocenters. The lowest BCUT2D eigenvalue weighted by molar-refractivity contribution is -0.113. The number of nitrogens with one attached hydrogen (secondary N) is 1. The number of hydrogen-bond donors (Lipinski definition) is 1. The van der Waals surface area contributed by atoms with Crippen LogP contribution in [0.3, 0.4) is 0 Å². The van der Waals surface area contributed by atoms with E-state index in [9.17, 15) is 4.79 Å². The molecule has 1 aliphatic rings. The first-order valence-corrected chi connectivity index (χ1v) is 10.3. The monoisotopic (exact) mass is 421 g/mol. The van der Waals surface area contributed by atoms with Crippen LogP contribution in [0.25, 0.3) is 11.3 Å². The van der Waals surface area contributed by atoms with E-state index in [1.165, 1.54) is 0 Å². The van der Waals surface area contributed by atoms with Gasteiger partial charge in [0.25, 0.3) is 5.91 Å². The van der Waals surface area contributed by atoms with Crippen LogP contribution in [-0.2, 0) is 9.47 Å². The minimum Gasteiger partial charge on any atom is -0.494 e. The molecule has 3 aromatic rings. The van der Waals surface area contributed by atoms with E-state index in [1.807, 2.05) is 38.1 Å². The molecule has 0 spiro atoms. The van der Waals surface area contributed by atoms with Crippen molar-refractivity contribution in [3.05, 3.63) is 70.9 Å². The summed E-state index contributed by atoms with van der Waals surface area (Å²) < 4.78 is 16.3. The van der Waals surface area contributed by atoms with Crippen molar-refractivity contribution in [3.8, 4) is 17.0 Å². The largest absolute Gasteiger partial charge is 0.494 e. The SMILES string of the molecule is CCOc1ccc(-c2n[nH]c3c2C(c2ccc(C)cc2)N(CC(OC)OC)C3=O)cc1. The lowest BCUT2D eigenvalue weighted by Gasteiger charge is -2.29. The fraction of sp³-hybridized carbons (Fsp3) is 0.333. The summed E-state index contributed by atoms with van der Waals surface area (Å²) in [4.78, 5) is 15.1. The highest BCUT2D eigenvalue weighted by Crippen LogP contribution is 2.43. The van der Waals surface area contributed by atoms with Crippen molar-refractivity contribution < 1.29 is 19.0 Å². The molecule has 162 valence electrons. The number of fused-ring (bicyclic) bond motifs is 1. The van der Waals surface area contributed by atoms with E-state index in [-0.39, 0.29) is 11.9 Å². The first-order valence-electron chi connectivity index (χ1n) is 10.3. The Hall–Kier alpha value is -3.16. The number of aromatic nitrogens is 2. The van der Waals surface area contributed by atoms with E-state index in [2.05, 4.69) is 34.5 Å². The maximum absolute atomic E-state index is 13.3. The highest BCUT2D eigenvalue weighted by molar-refractivity contribution is 6.00. The van der Waals surface area contributed by atoms with Gasteiger partial charge in [0.05, 0.1) is 24.9 Å². The first kappa shape index (κ1) is 21.1. The van der Waals surface area contributed by atoms with Gasteiger partial charge in [-0.25, -0.2) is 0 Å². The van der Waals surface area contributed by atoms with Crippen LogP contribution in [0.15, 0.2) is 48.5 Å². The minimum absolute atomic E-state index is 0.121. The van der Waals surface area contributed by atoms with Crippen molar-refractivity contribution in [1.29, 1.82) is 0 Å². The van der Waals surface area contributed by atoms with Crippen LogP contribution in [0, 0.1) is 6.92 Å². The smallest absolute Gasteiger partial charge is 0.273 e. The highest BCUT2D eigenvalue weighted by Gasteiger charge is 2.43. The number of aromatic amines is 1. The molecule has 2 heterocycles. The predicted octanol–water partition coefficient (Wildman–Crippen LogP) is 3.95. The molecule has 31 heavy (non-hydrogen) atoms. The van der Waals surface area contributed by atoms with Crippen LogP contribution in [0.5, 0.6) is 5.75 Å². The number of benzene rings is 2. The van der Waals surface area contributed by atoms with E-state index in [0.717, 1.165) is 33.7 Å². The zero-order chi connectivity index (χ0) is 22.0. The second-order valence-electron chi connectivity index (χ2n) is 7.49. The number of rotatable bonds is 8. The van der Waals surface area contributed by atoms with Crippen molar-refractivity contribution >= 4 is 5.91 Å². The molecule has 1 N–H and O–H groups in total. The van der Waals surface area contributed by atoms with Crippen LogP contribution in [0.2, 0.25) is 0 Å². The molecule has 1 aliphatic heterocycles. The summed E-state index contributed by atoms with van der Waals surface area (Å²) in [5.41, 5.74) is 5.21. The number of carbonyl (C=O) groups excluding carboxylic acids is 1. The summed E-state index contributed by atoms with van der Waals surface area (Å²) in [6.07, 6.45) is -0.525. The lowest BCUT2D eigenvalue weighted by Crippen LogP contribution is -2.38. The average molecular weight is 421 g/mol. The van der Waals surface area contributed by atoms with Gasteiger partial charge in [0.15, 0.2) is 6.29 Å². The number of nitrogens with zero attached hydrogens (tertiary/aromatic N) is 2. The number of H-pyrrole nitrogens is 1. The van der Waals surface area contributed by atoms with E-state index in [1.54, 1.807) is 19.1 Å². The number of methoxy groups -OCH3 is 2. The molecule has 0 aliphatic carbocycles. The first-order chi connectivity index (χ1) is 15.1. The van der Waals surface area contributed by atoms with Crippen LogP contribution >= 0.6 is 0 Å². The van der Waals surface area contributed by atoms with Gasteiger partial charge in [0, 0.05) is 25.3 Å². The Morgan fingerprint density at radius 1 is 1.06 bits per heavy atom. The molecule has 0 saturated carbocycles. The van der Waals surface area contributed by atoms with Gasteiger partial charge in [-0.3, -0.25) is 9.89 Å². The molecule has 0 bridgehead atoms. The van der Waals surface area contributed by atoms with Gasteiger partial charge in [-0.15, -0.1) is 0 Å². The zero-order valence-electron chi connectivity index (χ0n) is 18.2. The van der Waals surface area contributed by atoms with Crippen LogP contribution in [0.1, 0.15) is 40.1 Å². The summed E-state index contributed by atoms with van der Waals surface area (Å²) in [5.74, 6) is 0.679. The molecule has 2 aromatic carbocycles. The molecule has 7 nitrogen and oxygen atoms in total. The average Bonchev–Trinajstić information content (AvgIpc) is 3.33. The summed E-state index contributed by atoms with van der Waals surface area (Å²) in [7, 11) is 3.14. The van der Waals surface area contributed by atoms with Crippen molar-refractivity contribution in [1.82, 2.24) is 15.1 Å². The van der Waals surface area contributed by atoms with Crippen molar-refractivity contribution in [2.75, 3.05) is 27.4 Å². The molecular weight excluding hydrogens is 394 g/mol. The van der Waals surface area contributed by atoms with Gasteiger partial charge in [0.2, 0.25) is 0 Å². The van der Waals surface area contributed by atoms with E-state index >= 15 is 0 Å². The Labute approximate surface area is 181 Å². The van der Waals surface area contributed by atoms with Gasteiger partial charge in [0.1, 0.15) is 11.4 Å². The Morgan fingerprint density at radius 2 is 1.74 bits per heavy atom. The Morgan fingerprint density at radius 3 is 2.35 bits per heavy atom. The van der Waals surface area contributed by atoms with Crippen LogP contribution < -0.4 is 4.74 Å². The normalized spacial score (nSPS) is 15.6. The fourth-order valence-electron chi connectivity index (χ4n) is 3.98. The van der Waals surface area contributed by atoms with Gasteiger partial charge < -0.3 is 19.1 Å². The maximum atomic E-state index is 13.3. The molecule has 0 radical (unpaired) electrons. The lowest BCUT2D eigenvalue weighted by atomic mass is 9.95. The molecule has 1 amide bonds. The molecule has 1 unspecified atom stereocenters. The number of carbonyl (C=O) groups is 1. The zero-order valence-corrected chi connectivity index (χ0v) is 18.2. The summed E-state index contributed by atoms with van der Waals surface area (Å²) in [6, 6.07) is 15.7. The summed E-state index contributed by atoms with van der Waals surface area (Å²) in [6.45, 7) is 4.90. The summed E-state index contributed by atoms with van der Waals surface area (Å²) >= 11 is 0. The fourth-order valence-corrected chi connectivity index (χ4v) is 3.98. The topological polar surface area (TPSA) is 76.7 Å². The molecule has 7 heteroatoms. The third-order valence-corrected chi connectivity index (χ3v) is 5.57. The second kappa shape index (κ2) is 8.91. The van der Waals surface area contributed by atoms with Gasteiger partial charge in [-0.2, -0.15) is 5.10 Å². The van der Waals surface area contributed by atoms with Crippen LogP contribution in [0.4, 0.5) is 0 Å². The molecule has 0 fully saturated rings. The van der Waals surface area contributed by atoms with Crippen molar-refractivity contribution in [2.45, 2.75) is 26.2 Å². The maximum Gasteiger partial charge on any atom is 0.273 e. The molecule has 0 saturated heterocycles. The van der Waals surface area contributed by atoms with E-state index < -0.39 is 6.29 Å². The third-order valence-electron chi connectivity index (χ3n) is 5.57. The number of aryl methyl sites for hydroxylation is 1. The van der Waals surface area contributed by atoms with Crippen LogP contribution in [-0.4, -0.2) is 54.7 Å².